The molecular weight excluding hydrogens is 476 g/mol. The molecule has 0 aliphatic carbocycles. The molecule has 184 valence electrons. The van der Waals surface area contributed by atoms with Gasteiger partial charge in [0.15, 0.2) is 0 Å². The Bertz CT molecular complexity index is 1390. The molecule has 0 spiro atoms. The zero-order valence-corrected chi connectivity index (χ0v) is 21.0. The molecule has 7 heteroatoms. The summed E-state index contributed by atoms with van der Waals surface area (Å²) in [7, 11) is 0. The lowest BCUT2D eigenvalue weighted by Crippen LogP contribution is -2.44. The molecule has 5 rings (SSSR count). The quantitative estimate of drug-likeness (QED) is 0.138. The highest BCUT2D eigenvalue weighted by molar-refractivity contribution is 7.99. The van der Waals surface area contributed by atoms with Gasteiger partial charge in [-0.2, -0.15) is 5.10 Å². The van der Waals surface area contributed by atoms with Crippen molar-refractivity contribution < 1.29 is 0 Å². The number of rotatable bonds is 8. The van der Waals surface area contributed by atoms with Crippen LogP contribution in [0.1, 0.15) is 28.0 Å². The fourth-order valence-electron chi connectivity index (χ4n) is 3.98. The summed E-state index contributed by atoms with van der Waals surface area (Å²) >= 11 is 1.70. The van der Waals surface area contributed by atoms with Crippen LogP contribution in [0, 0.1) is 0 Å². The number of nitrogens with two attached hydrogens (primary N) is 1. The molecule has 0 saturated carbocycles. The second-order valence-corrected chi connectivity index (χ2v) is 9.56. The van der Waals surface area contributed by atoms with Gasteiger partial charge in [0.2, 0.25) is 5.96 Å². The van der Waals surface area contributed by atoms with E-state index in [0.717, 1.165) is 27.4 Å². The first kappa shape index (κ1) is 24.2. The van der Waals surface area contributed by atoms with Gasteiger partial charge in [-0.05, 0) is 29.3 Å². The van der Waals surface area contributed by atoms with Crippen molar-refractivity contribution >= 4 is 29.1 Å². The minimum Gasteiger partial charge on any atom is -0.398 e. The number of guanidine groups is 1. The molecule has 0 bridgehead atoms. The largest absolute Gasteiger partial charge is 0.398 e. The molecule has 1 aliphatic heterocycles. The van der Waals surface area contributed by atoms with E-state index in [2.05, 4.69) is 51.7 Å². The number of nitrogen functional groups attached to an aromatic ring is 1. The highest BCUT2D eigenvalue weighted by Crippen LogP contribution is 2.38. The summed E-state index contributed by atoms with van der Waals surface area (Å²) in [5.41, 5.74) is 20.5. The number of anilines is 1. The van der Waals surface area contributed by atoms with Crippen molar-refractivity contribution in [3.05, 3.63) is 144 Å². The van der Waals surface area contributed by atoms with Crippen molar-refractivity contribution in [2.45, 2.75) is 16.2 Å². The fraction of sp³-hybridized carbons (Fsp3) is 0.0667. The summed E-state index contributed by atoms with van der Waals surface area (Å²) in [6.45, 7) is 0. The normalized spacial score (nSPS) is 15.8. The van der Waals surface area contributed by atoms with Crippen LogP contribution in [0.4, 0.5) is 5.69 Å². The lowest BCUT2D eigenvalue weighted by atomic mass is 9.97. The molecule has 0 amide bonds. The Morgan fingerprint density at radius 1 is 0.811 bits per heavy atom. The predicted molar refractivity (Wildman–Crippen MR) is 154 cm³/mol. The molecule has 0 saturated heterocycles. The number of hydrazone groups is 1. The Labute approximate surface area is 221 Å². The second-order valence-electron chi connectivity index (χ2n) is 8.38. The van der Waals surface area contributed by atoms with Crippen LogP contribution in [-0.2, 0) is 0 Å². The number of thioether (sulfide) groups is 1. The molecule has 4 aromatic carbocycles. The SMILES string of the molecule is Nc1ccccc1S[C@@H](/C=C/NNC1=N[C@@H](c2ccccc2)C(c2ccccc2)=NN1)c1ccccc1. The van der Waals surface area contributed by atoms with E-state index in [-0.39, 0.29) is 11.3 Å². The van der Waals surface area contributed by atoms with Crippen molar-refractivity contribution in [1.29, 1.82) is 0 Å². The molecule has 5 N–H and O–H groups in total. The smallest absolute Gasteiger partial charge is 0.232 e. The number of hydrogen-bond acceptors (Lipinski definition) is 7. The van der Waals surface area contributed by atoms with Crippen molar-refractivity contribution in [1.82, 2.24) is 16.3 Å². The van der Waals surface area contributed by atoms with Crippen LogP contribution in [0.2, 0.25) is 0 Å². The monoisotopic (exact) mass is 504 g/mol. The Hall–Kier alpha value is -4.49. The maximum atomic E-state index is 6.20. The third-order valence-corrected chi connectivity index (χ3v) is 7.14. The van der Waals surface area contributed by atoms with Gasteiger partial charge < -0.3 is 11.2 Å². The Morgan fingerprint density at radius 2 is 1.46 bits per heavy atom. The van der Waals surface area contributed by atoms with E-state index in [9.17, 15) is 0 Å². The molecule has 2 atom stereocenters. The summed E-state index contributed by atoms with van der Waals surface area (Å²) in [4.78, 5) is 5.95. The van der Waals surface area contributed by atoms with Gasteiger partial charge in [-0.3, -0.25) is 5.43 Å². The maximum Gasteiger partial charge on any atom is 0.232 e. The lowest BCUT2D eigenvalue weighted by molar-refractivity contribution is 0.735. The van der Waals surface area contributed by atoms with E-state index in [4.69, 9.17) is 10.7 Å². The van der Waals surface area contributed by atoms with Crippen molar-refractivity contribution in [3.8, 4) is 0 Å². The second kappa shape index (κ2) is 12.0. The Morgan fingerprint density at radius 3 is 2.19 bits per heavy atom. The molecule has 0 radical (unpaired) electrons. The van der Waals surface area contributed by atoms with Crippen LogP contribution in [-0.4, -0.2) is 11.7 Å². The third-order valence-electron chi connectivity index (χ3n) is 5.83. The molecular formula is C30H28N6S. The van der Waals surface area contributed by atoms with Crippen molar-refractivity contribution in [3.63, 3.8) is 0 Å². The molecule has 0 unspecified atom stereocenters. The van der Waals surface area contributed by atoms with E-state index in [1.54, 1.807) is 11.8 Å². The van der Waals surface area contributed by atoms with Crippen LogP contribution in [0.15, 0.2) is 143 Å². The number of nitrogens with zero attached hydrogens (tertiary/aromatic N) is 2. The van der Waals surface area contributed by atoms with Gasteiger partial charge in [-0.25, -0.2) is 10.4 Å². The topological polar surface area (TPSA) is 86.8 Å². The van der Waals surface area contributed by atoms with Gasteiger partial charge >= 0.3 is 0 Å². The van der Waals surface area contributed by atoms with Crippen LogP contribution in [0.3, 0.4) is 0 Å². The van der Waals surface area contributed by atoms with Crippen molar-refractivity contribution in [2.24, 2.45) is 10.1 Å². The molecule has 4 aromatic rings. The van der Waals surface area contributed by atoms with E-state index < -0.39 is 0 Å². The average molecular weight is 505 g/mol. The van der Waals surface area contributed by atoms with E-state index >= 15 is 0 Å². The molecule has 6 nitrogen and oxygen atoms in total. The van der Waals surface area contributed by atoms with Gasteiger partial charge in [0.25, 0.3) is 0 Å². The molecule has 1 aliphatic rings. The molecule has 0 fully saturated rings. The zero-order valence-electron chi connectivity index (χ0n) is 20.2. The minimum absolute atomic E-state index is 0.0706. The van der Waals surface area contributed by atoms with Crippen LogP contribution < -0.4 is 22.0 Å². The van der Waals surface area contributed by atoms with Crippen LogP contribution in [0.5, 0.6) is 0 Å². The first-order valence-electron chi connectivity index (χ1n) is 12.0. The summed E-state index contributed by atoms with van der Waals surface area (Å²) < 4.78 is 0. The maximum absolute atomic E-state index is 6.20. The van der Waals surface area contributed by atoms with Gasteiger partial charge in [0.1, 0.15) is 6.04 Å². The Kier molecular flexibility index (Phi) is 7.83. The number of aliphatic imine (C=N–C) groups is 1. The summed E-state index contributed by atoms with van der Waals surface area (Å²) in [5, 5.41) is 4.73. The average Bonchev–Trinajstić information content (AvgIpc) is 2.97. The number of hydrogen-bond donors (Lipinski definition) is 4. The molecule has 37 heavy (non-hydrogen) atoms. The van der Waals surface area contributed by atoms with Crippen LogP contribution in [0.25, 0.3) is 0 Å². The Balaban J connectivity index is 1.30. The summed E-state index contributed by atoms with van der Waals surface area (Å²) in [5.74, 6) is 0.536. The number of nitrogens with one attached hydrogen (secondary N) is 3. The lowest BCUT2D eigenvalue weighted by Gasteiger charge is -2.23. The molecule has 0 aromatic heterocycles. The van der Waals surface area contributed by atoms with Gasteiger partial charge in [0, 0.05) is 22.3 Å². The molecule has 1 heterocycles. The minimum atomic E-state index is -0.230. The number of benzene rings is 4. The number of hydrazine groups is 1. The summed E-state index contributed by atoms with van der Waals surface area (Å²) in [6.07, 6.45) is 3.97. The van der Waals surface area contributed by atoms with Crippen LogP contribution >= 0.6 is 11.8 Å². The fourth-order valence-corrected chi connectivity index (χ4v) is 5.07. The number of para-hydroxylation sites is 1. The van der Waals surface area contributed by atoms with Gasteiger partial charge in [-0.1, -0.05) is 103 Å². The highest BCUT2D eigenvalue weighted by Gasteiger charge is 2.23. The standard InChI is InChI=1S/C30H28N6S/c31-25-18-10-11-19-27(25)37-26(22-12-4-1-5-13-22)20-21-32-35-30-33-28(23-14-6-2-7-15-23)29(34-36-30)24-16-8-3-9-17-24/h1-21,26,28,32H,31H2,(H2,33,35,36)/b21-20+/t26-,28-/m0/s1. The first-order valence-corrected chi connectivity index (χ1v) is 12.9. The van der Waals surface area contributed by atoms with Crippen molar-refractivity contribution in [2.75, 3.05) is 5.73 Å². The highest BCUT2D eigenvalue weighted by atomic mass is 32.2. The third kappa shape index (κ3) is 6.20. The van der Waals surface area contributed by atoms with Gasteiger partial charge in [0.05, 0.1) is 11.0 Å². The first-order chi connectivity index (χ1) is 18.3. The van der Waals surface area contributed by atoms with E-state index in [0.29, 0.717) is 5.96 Å². The summed E-state index contributed by atoms with van der Waals surface area (Å²) in [6, 6.07) is 38.3. The predicted octanol–water partition coefficient (Wildman–Crippen LogP) is 5.81. The van der Waals surface area contributed by atoms with E-state index in [1.165, 1.54) is 5.56 Å². The van der Waals surface area contributed by atoms with E-state index in [1.807, 2.05) is 97.2 Å². The van der Waals surface area contributed by atoms with Gasteiger partial charge in [-0.15, -0.1) is 11.8 Å². The zero-order chi connectivity index (χ0) is 25.3.